The second-order valence-electron chi connectivity index (χ2n) is 8.07. The molecule has 0 saturated carbocycles. The molecule has 1 heterocycles. The molecule has 33 heavy (non-hydrogen) atoms. The van der Waals surface area contributed by atoms with Crippen molar-refractivity contribution < 1.29 is 16.8 Å². The van der Waals surface area contributed by atoms with E-state index in [9.17, 15) is 0 Å². The average Bonchev–Trinajstić information content (AvgIpc) is 2.84. The molecule has 0 fully saturated rings. The third-order valence-corrected chi connectivity index (χ3v) is 5.98. The van der Waals surface area contributed by atoms with Crippen LogP contribution in [0.2, 0.25) is 0 Å². The van der Waals surface area contributed by atoms with Crippen LogP contribution in [0, 0.1) is 0 Å². The minimum absolute atomic E-state index is 0. The zero-order valence-corrected chi connectivity index (χ0v) is 21.7. The Morgan fingerprint density at radius 1 is 0.576 bits per heavy atom. The fraction of sp³-hybridized carbons (Fsp3) is 0.345. The molecule has 0 atom stereocenters. The maximum atomic E-state index is 5.02. The summed E-state index contributed by atoms with van der Waals surface area (Å²) in [5.41, 5.74) is 10.9. The van der Waals surface area contributed by atoms with Gasteiger partial charge in [-0.3, -0.25) is 9.98 Å². The van der Waals surface area contributed by atoms with Crippen molar-refractivity contribution in [2.24, 2.45) is 9.98 Å². The first-order valence-electron chi connectivity index (χ1n) is 11.8. The van der Waals surface area contributed by atoms with Crippen LogP contribution in [0.5, 0.6) is 0 Å². The van der Waals surface area contributed by atoms with Crippen molar-refractivity contribution in [2.45, 2.75) is 67.2 Å². The molecule has 0 aliphatic rings. The van der Waals surface area contributed by atoms with Gasteiger partial charge in [0.1, 0.15) is 0 Å². The Morgan fingerprint density at radius 3 is 1.18 bits per heavy atom. The second kappa shape index (κ2) is 12.6. The largest absolute Gasteiger partial charge is 0.251 e. The molecule has 3 rings (SSSR count). The van der Waals surface area contributed by atoms with Crippen LogP contribution < -0.4 is 0 Å². The van der Waals surface area contributed by atoms with Crippen LogP contribution in [-0.2, 0) is 42.5 Å². The average molecular weight is 485 g/mol. The molecular formula is C29H35CoN3. The Balaban J connectivity index is 0.00000385. The predicted octanol–water partition coefficient (Wildman–Crippen LogP) is 7.61. The van der Waals surface area contributed by atoms with Crippen molar-refractivity contribution in [3.63, 3.8) is 0 Å². The second-order valence-corrected chi connectivity index (χ2v) is 8.07. The maximum absolute atomic E-state index is 5.02. The number of benzene rings is 2. The van der Waals surface area contributed by atoms with E-state index in [1.165, 1.54) is 22.3 Å². The Labute approximate surface area is 209 Å². The van der Waals surface area contributed by atoms with E-state index in [1.54, 1.807) is 0 Å². The summed E-state index contributed by atoms with van der Waals surface area (Å²) in [6.45, 7) is 12.8. The number of aryl methyl sites for hydroxylation is 4. The van der Waals surface area contributed by atoms with E-state index in [1.807, 2.05) is 26.0 Å². The molecule has 0 bridgehead atoms. The van der Waals surface area contributed by atoms with Gasteiger partial charge >= 0.3 is 0 Å². The van der Waals surface area contributed by atoms with Gasteiger partial charge in [0.25, 0.3) is 0 Å². The summed E-state index contributed by atoms with van der Waals surface area (Å²) >= 11 is 0. The predicted molar refractivity (Wildman–Crippen MR) is 138 cm³/mol. The first-order valence-corrected chi connectivity index (χ1v) is 11.8. The minimum Gasteiger partial charge on any atom is -0.251 e. The van der Waals surface area contributed by atoms with Gasteiger partial charge in [0.2, 0.25) is 0 Å². The molecule has 1 aromatic heterocycles. The standard InChI is InChI=1S/C29H35N3.Co/c1-7-22-14-11-15-23(8-2)28(22)30-20(5)26-18-13-19-27(32-26)21(6)31-29-24(9-3)16-12-17-25(29)10-4;/h11-19H,7-10H2,1-6H3;. The Hall–Kier alpha value is -2.56. The van der Waals surface area contributed by atoms with E-state index in [4.69, 9.17) is 15.0 Å². The van der Waals surface area contributed by atoms with Crippen molar-refractivity contribution in [1.29, 1.82) is 0 Å². The summed E-state index contributed by atoms with van der Waals surface area (Å²) in [5, 5.41) is 0. The van der Waals surface area contributed by atoms with E-state index < -0.39 is 0 Å². The number of para-hydroxylation sites is 2. The van der Waals surface area contributed by atoms with E-state index in [2.05, 4.69) is 70.2 Å². The van der Waals surface area contributed by atoms with Crippen molar-refractivity contribution >= 4 is 22.8 Å². The van der Waals surface area contributed by atoms with Crippen molar-refractivity contribution in [1.82, 2.24) is 4.98 Å². The van der Waals surface area contributed by atoms with Crippen LogP contribution in [0.3, 0.4) is 0 Å². The molecule has 0 aliphatic heterocycles. The van der Waals surface area contributed by atoms with Crippen LogP contribution in [0.15, 0.2) is 64.6 Å². The van der Waals surface area contributed by atoms with E-state index in [-0.39, 0.29) is 16.8 Å². The van der Waals surface area contributed by atoms with Gasteiger partial charge in [0.15, 0.2) is 0 Å². The van der Waals surface area contributed by atoms with Gasteiger partial charge in [-0.25, -0.2) is 4.98 Å². The molecular weight excluding hydrogens is 449 g/mol. The molecule has 1 radical (unpaired) electrons. The SMILES string of the molecule is CCc1cccc(CC)c1N=C(C)c1cccc(C(C)=Nc2c(CC)cccc2CC)n1.[Co]. The normalized spacial score (nSPS) is 11.9. The third-order valence-electron chi connectivity index (χ3n) is 5.98. The van der Waals surface area contributed by atoms with Crippen LogP contribution in [0.1, 0.15) is 75.2 Å². The monoisotopic (exact) mass is 484 g/mol. The Bertz CT molecular complexity index is 1010. The third kappa shape index (κ3) is 6.27. The summed E-state index contributed by atoms with van der Waals surface area (Å²) in [6.07, 6.45) is 3.87. The molecule has 0 aliphatic carbocycles. The number of hydrogen-bond donors (Lipinski definition) is 0. The number of aliphatic imine (C=N–C) groups is 2. The van der Waals surface area contributed by atoms with Crippen molar-refractivity contribution in [3.05, 3.63) is 88.2 Å². The zero-order valence-electron chi connectivity index (χ0n) is 20.7. The number of rotatable bonds is 8. The topological polar surface area (TPSA) is 37.6 Å². The maximum Gasteiger partial charge on any atom is 0.0849 e. The van der Waals surface area contributed by atoms with E-state index in [0.29, 0.717) is 0 Å². The van der Waals surface area contributed by atoms with Crippen LogP contribution in [0.4, 0.5) is 11.4 Å². The Morgan fingerprint density at radius 2 is 0.879 bits per heavy atom. The molecule has 0 saturated heterocycles. The van der Waals surface area contributed by atoms with E-state index >= 15 is 0 Å². The van der Waals surface area contributed by atoms with Gasteiger partial charge < -0.3 is 0 Å². The molecule has 0 unspecified atom stereocenters. The first-order chi connectivity index (χ1) is 15.5. The summed E-state index contributed by atoms with van der Waals surface area (Å²) in [6, 6.07) is 19.1. The van der Waals surface area contributed by atoms with Gasteiger partial charge in [-0.2, -0.15) is 0 Å². The minimum atomic E-state index is 0. The van der Waals surface area contributed by atoms with Crippen LogP contribution in [0.25, 0.3) is 0 Å². The van der Waals surface area contributed by atoms with Gasteiger partial charge in [0, 0.05) is 16.8 Å². The quantitative estimate of drug-likeness (QED) is 0.303. The molecule has 2 aromatic carbocycles. The number of aromatic nitrogens is 1. The molecule has 3 nitrogen and oxygen atoms in total. The van der Waals surface area contributed by atoms with Crippen LogP contribution in [-0.4, -0.2) is 16.4 Å². The van der Waals surface area contributed by atoms with Gasteiger partial charge in [-0.05, 0) is 73.9 Å². The van der Waals surface area contributed by atoms with Crippen molar-refractivity contribution in [3.8, 4) is 0 Å². The summed E-state index contributed by atoms with van der Waals surface area (Å²) in [4.78, 5) is 15.0. The summed E-state index contributed by atoms with van der Waals surface area (Å²) < 4.78 is 0. The molecule has 0 N–H and O–H groups in total. The molecule has 175 valence electrons. The fourth-order valence-corrected chi connectivity index (χ4v) is 4.01. The molecule has 3 aromatic rings. The summed E-state index contributed by atoms with van der Waals surface area (Å²) in [7, 11) is 0. The first kappa shape index (κ1) is 26.7. The smallest absolute Gasteiger partial charge is 0.0849 e. The van der Waals surface area contributed by atoms with Gasteiger partial charge in [-0.1, -0.05) is 70.2 Å². The number of nitrogens with zero attached hydrogens (tertiary/aromatic N) is 3. The number of hydrogen-bond acceptors (Lipinski definition) is 3. The zero-order chi connectivity index (χ0) is 23.1. The number of pyridine rings is 1. The Kier molecular flexibility index (Phi) is 10.2. The van der Waals surface area contributed by atoms with Crippen molar-refractivity contribution in [2.75, 3.05) is 0 Å². The summed E-state index contributed by atoms with van der Waals surface area (Å²) in [5.74, 6) is 0. The molecule has 0 amide bonds. The van der Waals surface area contributed by atoms with Gasteiger partial charge in [-0.15, -0.1) is 0 Å². The molecule has 4 heteroatoms. The molecule has 0 spiro atoms. The fourth-order valence-electron chi connectivity index (χ4n) is 4.01. The van der Waals surface area contributed by atoms with E-state index in [0.717, 1.165) is 59.9 Å². The van der Waals surface area contributed by atoms with Gasteiger partial charge in [0.05, 0.1) is 34.2 Å². The van der Waals surface area contributed by atoms with Crippen LogP contribution >= 0.6 is 0 Å².